The molecule has 0 amide bonds. The van der Waals surface area contributed by atoms with Gasteiger partial charge in [0.05, 0.1) is 0 Å². The van der Waals surface area contributed by atoms with E-state index in [-0.39, 0.29) is 6.42 Å². The lowest BCUT2D eigenvalue weighted by Gasteiger charge is -2.37. The van der Waals surface area contributed by atoms with Gasteiger partial charge in [-0.25, -0.2) is 0 Å². The Morgan fingerprint density at radius 2 is 1.55 bits per heavy atom. The van der Waals surface area contributed by atoms with E-state index in [1.54, 1.807) is 26.8 Å². The third-order valence-electron chi connectivity index (χ3n) is 3.21. The highest BCUT2D eigenvalue weighted by atomic mass is 16.7. The molecule has 1 aromatic carbocycles. The molecule has 0 atom stereocenters. The fourth-order valence-corrected chi connectivity index (χ4v) is 1.94. The lowest BCUT2D eigenvalue weighted by atomic mass is 9.85. The molecular weight excluding hydrogens is 256 g/mol. The summed E-state index contributed by atoms with van der Waals surface area (Å²) in [6.07, 6.45) is 3.90. The maximum atomic E-state index is 12.0. The van der Waals surface area contributed by atoms with Crippen LogP contribution in [0.1, 0.15) is 32.8 Å². The monoisotopic (exact) mass is 274 g/mol. The summed E-state index contributed by atoms with van der Waals surface area (Å²) in [5.74, 6) is -2.27. The van der Waals surface area contributed by atoms with Crippen LogP contribution in [0.25, 0.3) is 6.08 Å². The van der Waals surface area contributed by atoms with E-state index in [4.69, 9.17) is 9.47 Å². The third kappa shape index (κ3) is 2.90. The number of hydrogen-bond donors (Lipinski definition) is 0. The Bertz CT molecular complexity index is 523. The quantitative estimate of drug-likeness (QED) is 0.628. The normalized spacial score (nSPS) is 20.6. The SMILES string of the molecule is CC1(C)OC(=O)C(C)(C/C=C/c2ccccc2)C(=O)O1. The van der Waals surface area contributed by atoms with Crippen molar-refractivity contribution in [3.63, 3.8) is 0 Å². The highest BCUT2D eigenvalue weighted by Crippen LogP contribution is 2.35. The molecule has 4 heteroatoms. The van der Waals surface area contributed by atoms with Gasteiger partial charge < -0.3 is 9.47 Å². The molecule has 4 nitrogen and oxygen atoms in total. The van der Waals surface area contributed by atoms with Crippen molar-refractivity contribution in [3.05, 3.63) is 42.0 Å². The summed E-state index contributed by atoms with van der Waals surface area (Å²) >= 11 is 0. The molecule has 1 fully saturated rings. The zero-order chi connectivity index (χ0) is 14.8. The second-order valence-electron chi connectivity index (χ2n) is 5.53. The largest absolute Gasteiger partial charge is 0.422 e. The van der Waals surface area contributed by atoms with E-state index >= 15 is 0 Å². The fraction of sp³-hybridized carbons (Fsp3) is 0.375. The van der Waals surface area contributed by atoms with E-state index in [9.17, 15) is 9.59 Å². The molecule has 1 aliphatic rings. The van der Waals surface area contributed by atoms with Crippen LogP contribution in [-0.4, -0.2) is 17.7 Å². The molecule has 1 heterocycles. The second-order valence-corrected chi connectivity index (χ2v) is 5.53. The number of carbonyl (C=O) groups excluding carboxylic acids is 2. The molecule has 0 saturated carbocycles. The van der Waals surface area contributed by atoms with Crippen LogP contribution < -0.4 is 0 Å². The summed E-state index contributed by atoms with van der Waals surface area (Å²) < 4.78 is 10.3. The molecule has 1 aromatic rings. The predicted molar refractivity (Wildman–Crippen MR) is 74.5 cm³/mol. The molecule has 1 saturated heterocycles. The van der Waals surface area contributed by atoms with E-state index in [1.165, 1.54) is 0 Å². The van der Waals surface area contributed by atoms with Crippen molar-refractivity contribution in [2.75, 3.05) is 0 Å². The summed E-state index contributed by atoms with van der Waals surface area (Å²) in [7, 11) is 0. The predicted octanol–water partition coefficient (Wildman–Crippen LogP) is 2.93. The van der Waals surface area contributed by atoms with Crippen molar-refractivity contribution in [2.24, 2.45) is 5.41 Å². The van der Waals surface area contributed by atoms with E-state index in [0.717, 1.165) is 5.56 Å². The molecule has 0 unspecified atom stereocenters. The number of hydrogen-bond acceptors (Lipinski definition) is 4. The maximum absolute atomic E-state index is 12.0. The van der Waals surface area contributed by atoms with Crippen molar-refractivity contribution < 1.29 is 19.1 Å². The molecule has 0 radical (unpaired) electrons. The van der Waals surface area contributed by atoms with Crippen molar-refractivity contribution in [3.8, 4) is 0 Å². The van der Waals surface area contributed by atoms with Crippen LogP contribution in [0.4, 0.5) is 0 Å². The maximum Gasteiger partial charge on any atom is 0.326 e. The van der Waals surface area contributed by atoms with Gasteiger partial charge in [-0.2, -0.15) is 0 Å². The first kappa shape index (κ1) is 14.3. The zero-order valence-electron chi connectivity index (χ0n) is 11.9. The van der Waals surface area contributed by atoms with Gasteiger partial charge in [0.1, 0.15) is 0 Å². The summed E-state index contributed by atoms with van der Waals surface area (Å²) in [6, 6.07) is 9.66. The number of rotatable bonds is 3. The Labute approximate surface area is 118 Å². The van der Waals surface area contributed by atoms with Gasteiger partial charge in [-0.1, -0.05) is 42.5 Å². The Kier molecular flexibility index (Phi) is 3.66. The summed E-state index contributed by atoms with van der Waals surface area (Å²) in [4.78, 5) is 24.1. The number of esters is 2. The standard InChI is InChI=1S/C16H18O4/c1-15(2)19-13(17)16(3,14(18)20-15)11-7-10-12-8-5-4-6-9-12/h4-10H,11H2,1-3H3/b10-7+. The molecule has 20 heavy (non-hydrogen) atoms. The first-order valence-corrected chi connectivity index (χ1v) is 6.52. The fourth-order valence-electron chi connectivity index (χ4n) is 1.94. The first-order chi connectivity index (χ1) is 9.33. The van der Waals surface area contributed by atoms with Crippen LogP contribution in [0.3, 0.4) is 0 Å². The Balaban J connectivity index is 2.10. The molecule has 0 bridgehead atoms. The topological polar surface area (TPSA) is 52.6 Å². The van der Waals surface area contributed by atoms with Crippen molar-refractivity contribution in [2.45, 2.75) is 33.0 Å². The van der Waals surface area contributed by atoms with Gasteiger partial charge in [-0.15, -0.1) is 0 Å². The van der Waals surface area contributed by atoms with Crippen LogP contribution in [0.15, 0.2) is 36.4 Å². The molecule has 1 aliphatic heterocycles. The van der Waals surface area contributed by atoms with E-state index in [1.807, 2.05) is 36.4 Å². The Morgan fingerprint density at radius 3 is 2.10 bits per heavy atom. The summed E-state index contributed by atoms with van der Waals surface area (Å²) in [5, 5.41) is 0. The number of cyclic esters (lactones) is 2. The molecule has 106 valence electrons. The smallest absolute Gasteiger partial charge is 0.326 e. The molecule has 0 N–H and O–H groups in total. The lowest BCUT2D eigenvalue weighted by molar-refractivity contribution is -0.249. The average Bonchev–Trinajstić information content (AvgIpc) is 2.37. The van der Waals surface area contributed by atoms with Gasteiger partial charge in [0.15, 0.2) is 5.41 Å². The van der Waals surface area contributed by atoms with Gasteiger partial charge in [-0.3, -0.25) is 9.59 Å². The van der Waals surface area contributed by atoms with E-state index in [2.05, 4.69) is 0 Å². The van der Waals surface area contributed by atoms with Gasteiger partial charge in [0, 0.05) is 13.8 Å². The van der Waals surface area contributed by atoms with Gasteiger partial charge >= 0.3 is 11.9 Å². The first-order valence-electron chi connectivity index (χ1n) is 6.52. The lowest BCUT2D eigenvalue weighted by Crippen LogP contribution is -2.52. The number of allylic oxidation sites excluding steroid dienone is 1. The van der Waals surface area contributed by atoms with Crippen LogP contribution >= 0.6 is 0 Å². The minimum atomic E-state index is -1.28. The molecule has 0 aromatic heterocycles. The molecule has 0 spiro atoms. The number of benzene rings is 1. The summed E-state index contributed by atoms with van der Waals surface area (Å²) in [5.41, 5.74) is -0.269. The van der Waals surface area contributed by atoms with E-state index in [0.29, 0.717) is 0 Å². The van der Waals surface area contributed by atoms with Crippen molar-refractivity contribution in [1.82, 2.24) is 0 Å². The Hall–Kier alpha value is -2.10. The molecular formula is C16H18O4. The Morgan fingerprint density at radius 1 is 1.00 bits per heavy atom. The summed E-state index contributed by atoms with van der Waals surface area (Å²) in [6.45, 7) is 4.63. The minimum Gasteiger partial charge on any atom is -0.422 e. The van der Waals surface area contributed by atoms with Crippen LogP contribution in [0.5, 0.6) is 0 Å². The van der Waals surface area contributed by atoms with Crippen molar-refractivity contribution >= 4 is 18.0 Å². The van der Waals surface area contributed by atoms with Gasteiger partial charge in [0.2, 0.25) is 0 Å². The van der Waals surface area contributed by atoms with Crippen LogP contribution in [0, 0.1) is 5.41 Å². The van der Waals surface area contributed by atoms with Gasteiger partial charge in [0.25, 0.3) is 5.79 Å². The van der Waals surface area contributed by atoms with Crippen LogP contribution in [0.2, 0.25) is 0 Å². The highest BCUT2D eigenvalue weighted by molar-refractivity contribution is 6.01. The molecule has 2 rings (SSSR count). The van der Waals surface area contributed by atoms with Crippen LogP contribution in [-0.2, 0) is 19.1 Å². The van der Waals surface area contributed by atoms with Crippen molar-refractivity contribution in [1.29, 1.82) is 0 Å². The second kappa shape index (κ2) is 5.12. The molecule has 0 aliphatic carbocycles. The van der Waals surface area contributed by atoms with E-state index < -0.39 is 23.1 Å². The van der Waals surface area contributed by atoms with Gasteiger partial charge in [-0.05, 0) is 18.9 Å². The number of carbonyl (C=O) groups is 2. The average molecular weight is 274 g/mol. The minimum absolute atomic E-state index is 0.246. The third-order valence-corrected chi connectivity index (χ3v) is 3.21. The highest BCUT2D eigenvalue weighted by Gasteiger charge is 2.52. The zero-order valence-corrected chi connectivity index (χ0v) is 11.9. The number of ether oxygens (including phenoxy) is 2.